The van der Waals surface area contributed by atoms with E-state index in [0.29, 0.717) is 5.75 Å². The van der Waals surface area contributed by atoms with Crippen LogP contribution in [-0.4, -0.2) is 21.4 Å². The van der Waals surface area contributed by atoms with Gasteiger partial charge in [0.15, 0.2) is 0 Å². The van der Waals surface area contributed by atoms with Crippen LogP contribution in [0.5, 0.6) is 0 Å². The molecule has 0 fully saturated rings. The summed E-state index contributed by atoms with van der Waals surface area (Å²) >= 11 is 1.56. The van der Waals surface area contributed by atoms with E-state index in [9.17, 15) is 4.79 Å². The quantitative estimate of drug-likeness (QED) is 0.658. The summed E-state index contributed by atoms with van der Waals surface area (Å²) in [5.74, 6) is 0.356. The van der Waals surface area contributed by atoms with E-state index in [0.717, 1.165) is 27.7 Å². The molecule has 0 saturated carbocycles. The van der Waals surface area contributed by atoms with Crippen molar-refractivity contribution in [2.45, 2.75) is 32.6 Å². The van der Waals surface area contributed by atoms with Crippen molar-refractivity contribution in [2.24, 2.45) is 0 Å². The zero-order valence-electron chi connectivity index (χ0n) is 15.5. The number of carbonyl (C=O) groups is 1. The number of nitrogens with zero attached hydrogens (tertiary/aromatic N) is 2. The van der Waals surface area contributed by atoms with Crippen molar-refractivity contribution in [2.75, 3.05) is 11.1 Å². The van der Waals surface area contributed by atoms with E-state index >= 15 is 0 Å². The molecule has 3 rings (SSSR count). The molecule has 1 heterocycles. The first-order valence-corrected chi connectivity index (χ1v) is 9.56. The highest BCUT2D eigenvalue weighted by molar-refractivity contribution is 8.00. The molecule has 0 unspecified atom stereocenters. The second-order valence-corrected chi connectivity index (χ2v) is 7.42. The lowest BCUT2D eigenvalue weighted by atomic mass is 10.2. The SMILES string of the molecule is Cc1ccc(C)c(SCC(=O)Nc2c(C)nn(-c3ccccc3)c2C)c1. The van der Waals surface area contributed by atoms with E-state index in [1.807, 2.05) is 48.9 Å². The Balaban J connectivity index is 1.72. The number of aryl methyl sites for hydroxylation is 3. The second-order valence-electron chi connectivity index (χ2n) is 6.40. The Labute approximate surface area is 158 Å². The Morgan fingerprint density at radius 2 is 1.81 bits per heavy atom. The van der Waals surface area contributed by atoms with Crippen molar-refractivity contribution in [1.29, 1.82) is 0 Å². The summed E-state index contributed by atoms with van der Waals surface area (Å²) in [6.07, 6.45) is 0. The second kappa shape index (κ2) is 7.79. The molecule has 0 spiro atoms. The molecule has 0 atom stereocenters. The lowest BCUT2D eigenvalue weighted by Gasteiger charge is -2.09. The van der Waals surface area contributed by atoms with Gasteiger partial charge in [-0.05, 0) is 51.5 Å². The molecule has 1 amide bonds. The summed E-state index contributed by atoms with van der Waals surface area (Å²) in [6.45, 7) is 8.02. The van der Waals surface area contributed by atoms with Gasteiger partial charge in [0.05, 0.1) is 28.5 Å². The van der Waals surface area contributed by atoms with Gasteiger partial charge in [0.25, 0.3) is 0 Å². The molecule has 1 N–H and O–H groups in total. The molecule has 26 heavy (non-hydrogen) atoms. The summed E-state index contributed by atoms with van der Waals surface area (Å²) < 4.78 is 1.86. The van der Waals surface area contributed by atoms with Crippen molar-refractivity contribution >= 4 is 23.4 Å². The maximum Gasteiger partial charge on any atom is 0.234 e. The minimum absolute atomic E-state index is 0.0188. The van der Waals surface area contributed by atoms with Crippen LogP contribution in [0, 0.1) is 27.7 Å². The van der Waals surface area contributed by atoms with Gasteiger partial charge in [0.2, 0.25) is 5.91 Å². The molecule has 0 aliphatic rings. The zero-order chi connectivity index (χ0) is 18.7. The molecule has 0 bridgehead atoms. The van der Waals surface area contributed by atoms with Gasteiger partial charge in [0.1, 0.15) is 0 Å². The van der Waals surface area contributed by atoms with Crippen LogP contribution in [0.1, 0.15) is 22.5 Å². The summed E-state index contributed by atoms with van der Waals surface area (Å²) in [7, 11) is 0. The number of para-hydroxylation sites is 1. The molecular formula is C21H23N3OS. The van der Waals surface area contributed by atoms with E-state index in [1.54, 1.807) is 11.8 Å². The first-order chi connectivity index (χ1) is 12.5. The number of rotatable bonds is 5. The third kappa shape index (κ3) is 3.99. The standard InChI is InChI=1S/C21H23N3OS/c1-14-10-11-15(2)19(12-14)26-13-20(25)22-21-16(3)23-24(17(21)4)18-8-6-5-7-9-18/h5-12H,13H2,1-4H3,(H,22,25). The Kier molecular flexibility index (Phi) is 5.47. The maximum absolute atomic E-state index is 12.5. The smallest absolute Gasteiger partial charge is 0.234 e. The predicted octanol–water partition coefficient (Wildman–Crippen LogP) is 4.84. The van der Waals surface area contributed by atoms with Crippen molar-refractivity contribution < 1.29 is 4.79 Å². The third-order valence-corrected chi connectivity index (χ3v) is 5.42. The van der Waals surface area contributed by atoms with Gasteiger partial charge < -0.3 is 5.32 Å². The number of hydrogen-bond acceptors (Lipinski definition) is 3. The third-order valence-electron chi connectivity index (χ3n) is 4.26. The Morgan fingerprint density at radius 1 is 1.08 bits per heavy atom. The highest BCUT2D eigenvalue weighted by atomic mass is 32.2. The minimum Gasteiger partial charge on any atom is -0.322 e. The minimum atomic E-state index is -0.0188. The lowest BCUT2D eigenvalue weighted by Crippen LogP contribution is -2.15. The van der Waals surface area contributed by atoms with Gasteiger partial charge in [-0.1, -0.05) is 35.9 Å². The number of anilines is 1. The van der Waals surface area contributed by atoms with Crippen LogP contribution < -0.4 is 5.32 Å². The van der Waals surface area contributed by atoms with Crippen molar-refractivity contribution in [3.63, 3.8) is 0 Å². The number of aromatic nitrogens is 2. The summed E-state index contributed by atoms with van der Waals surface area (Å²) in [5.41, 5.74) is 5.92. The summed E-state index contributed by atoms with van der Waals surface area (Å²) in [5, 5.41) is 7.60. The molecule has 0 radical (unpaired) electrons. The van der Waals surface area contributed by atoms with Gasteiger partial charge in [0, 0.05) is 4.90 Å². The van der Waals surface area contributed by atoms with Crippen molar-refractivity contribution in [3.8, 4) is 5.69 Å². The molecule has 134 valence electrons. The van der Waals surface area contributed by atoms with Crippen LogP contribution in [0.3, 0.4) is 0 Å². The molecule has 0 saturated heterocycles. The zero-order valence-corrected chi connectivity index (χ0v) is 16.4. The molecule has 3 aromatic rings. The fourth-order valence-corrected chi connectivity index (χ4v) is 3.75. The van der Waals surface area contributed by atoms with E-state index < -0.39 is 0 Å². The topological polar surface area (TPSA) is 46.9 Å². The van der Waals surface area contributed by atoms with Gasteiger partial charge in [-0.3, -0.25) is 4.79 Å². The Morgan fingerprint density at radius 3 is 2.54 bits per heavy atom. The van der Waals surface area contributed by atoms with E-state index in [1.165, 1.54) is 11.1 Å². The predicted molar refractivity (Wildman–Crippen MR) is 108 cm³/mol. The fraction of sp³-hybridized carbons (Fsp3) is 0.238. The van der Waals surface area contributed by atoms with Crippen LogP contribution in [0.4, 0.5) is 5.69 Å². The molecule has 0 aliphatic heterocycles. The van der Waals surface area contributed by atoms with Gasteiger partial charge in [-0.25, -0.2) is 4.68 Å². The molecule has 4 nitrogen and oxygen atoms in total. The molecular weight excluding hydrogens is 342 g/mol. The molecule has 2 aromatic carbocycles. The first kappa shape index (κ1) is 18.3. The van der Waals surface area contributed by atoms with Crippen LogP contribution in [0.25, 0.3) is 5.69 Å². The fourth-order valence-electron chi connectivity index (χ4n) is 2.83. The van der Waals surface area contributed by atoms with E-state index in [2.05, 4.69) is 42.5 Å². The van der Waals surface area contributed by atoms with Crippen LogP contribution in [-0.2, 0) is 4.79 Å². The molecule has 5 heteroatoms. The number of thioether (sulfide) groups is 1. The van der Waals surface area contributed by atoms with Gasteiger partial charge in [-0.2, -0.15) is 5.10 Å². The highest BCUT2D eigenvalue weighted by Crippen LogP contribution is 2.26. The number of hydrogen-bond donors (Lipinski definition) is 1. The van der Waals surface area contributed by atoms with Crippen LogP contribution in [0.2, 0.25) is 0 Å². The Bertz CT molecular complexity index is 932. The van der Waals surface area contributed by atoms with Crippen molar-refractivity contribution in [3.05, 3.63) is 71.0 Å². The highest BCUT2D eigenvalue weighted by Gasteiger charge is 2.15. The van der Waals surface area contributed by atoms with Crippen molar-refractivity contribution in [1.82, 2.24) is 9.78 Å². The lowest BCUT2D eigenvalue weighted by molar-refractivity contribution is -0.113. The number of nitrogens with one attached hydrogen (secondary N) is 1. The summed E-state index contributed by atoms with van der Waals surface area (Å²) in [4.78, 5) is 13.6. The van der Waals surface area contributed by atoms with E-state index in [-0.39, 0.29) is 5.91 Å². The van der Waals surface area contributed by atoms with Crippen LogP contribution >= 0.6 is 11.8 Å². The number of carbonyl (C=O) groups excluding carboxylic acids is 1. The Hall–Kier alpha value is -2.53. The average molecular weight is 366 g/mol. The maximum atomic E-state index is 12.5. The van der Waals surface area contributed by atoms with Crippen LogP contribution in [0.15, 0.2) is 53.4 Å². The monoisotopic (exact) mass is 365 g/mol. The average Bonchev–Trinajstić information content (AvgIpc) is 2.91. The van der Waals surface area contributed by atoms with Gasteiger partial charge >= 0.3 is 0 Å². The molecule has 1 aromatic heterocycles. The number of amides is 1. The largest absolute Gasteiger partial charge is 0.322 e. The normalized spacial score (nSPS) is 10.8. The molecule has 0 aliphatic carbocycles. The van der Waals surface area contributed by atoms with E-state index in [4.69, 9.17) is 0 Å². The summed E-state index contributed by atoms with van der Waals surface area (Å²) in [6, 6.07) is 16.2. The number of benzene rings is 2. The first-order valence-electron chi connectivity index (χ1n) is 8.57. The van der Waals surface area contributed by atoms with Gasteiger partial charge in [-0.15, -0.1) is 11.8 Å².